The summed E-state index contributed by atoms with van der Waals surface area (Å²) >= 11 is 0. The predicted octanol–water partition coefficient (Wildman–Crippen LogP) is 1.18. The van der Waals surface area contributed by atoms with Gasteiger partial charge in [-0.2, -0.15) is 9.97 Å². The van der Waals surface area contributed by atoms with Crippen LogP contribution in [0, 0.1) is 17.0 Å². The maximum Gasteiger partial charge on any atom is 0.274 e. The zero-order valence-electron chi connectivity index (χ0n) is 16.8. The Bertz CT molecular complexity index is 1070. The molecule has 1 unspecified atom stereocenters. The fourth-order valence-electron chi connectivity index (χ4n) is 3.63. The SMILES string of the molecule is Cc1ccc(NC(=O)C2CC(=O)Nc3nc(N4CCOCC4)nc(N)c32)cc1[N+](=O)[O-]. The van der Waals surface area contributed by atoms with Crippen LogP contribution in [0.2, 0.25) is 0 Å². The van der Waals surface area contributed by atoms with E-state index in [0.29, 0.717) is 43.4 Å². The van der Waals surface area contributed by atoms with E-state index in [1.54, 1.807) is 19.1 Å². The number of carbonyl (C=O) groups excluding carboxylic acids is 2. The number of nitro benzene ring substituents is 1. The van der Waals surface area contributed by atoms with Gasteiger partial charge in [-0.15, -0.1) is 0 Å². The van der Waals surface area contributed by atoms with Gasteiger partial charge in [0.15, 0.2) is 0 Å². The Morgan fingerprint density at radius 3 is 2.81 bits per heavy atom. The van der Waals surface area contributed by atoms with Crippen LogP contribution in [0.4, 0.5) is 29.0 Å². The highest BCUT2D eigenvalue weighted by Crippen LogP contribution is 2.37. The molecule has 3 heterocycles. The summed E-state index contributed by atoms with van der Waals surface area (Å²) in [6.07, 6.45) is -0.142. The van der Waals surface area contributed by atoms with Crippen molar-refractivity contribution >= 4 is 40.8 Å². The summed E-state index contributed by atoms with van der Waals surface area (Å²) in [6, 6.07) is 4.38. The number of hydrogen-bond acceptors (Lipinski definition) is 9. The molecule has 12 nitrogen and oxygen atoms in total. The number of carbonyl (C=O) groups is 2. The summed E-state index contributed by atoms with van der Waals surface area (Å²) in [6.45, 7) is 3.83. The van der Waals surface area contributed by atoms with E-state index in [9.17, 15) is 19.7 Å². The quantitative estimate of drug-likeness (QED) is 0.479. The molecule has 2 aliphatic rings. The van der Waals surface area contributed by atoms with Crippen LogP contribution in [-0.2, 0) is 14.3 Å². The average molecular weight is 427 g/mol. The van der Waals surface area contributed by atoms with E-state index in [0.717, 1.165) is 0 Å². The first-order valence-electron chi connectivity index (χ1n) is 9.69. The summed E-state index contributed by atoms with van der Waals surface area (Å²) in [7, 11) is 0. The van der Waals surface area contributed by atoms with Gasteiger partial charge in [-0.1, -0.05) is 6.07 Å². The third kappa shape index (κ3) is 4.10. The van der Waals surface area contributed by atoms with Gasteiger partial charge in [0.05, 0.1) is 29.6 Å². The molecule has 2 aromatic rings. The Labute approximate surface area is 176 Å². The van der Waals surface area contributed by atoms with Crippen molar-refractivity contribution < 1.29 is 19.2 Å². The van der Waals surface area contributed by atoms with Crippen molar-refractivity contribution in [1.82, 2.24) is 9.97 Å². The maximum absolute atomic E-state index is 13.0. The van der Waals surface area contributed by atoms with E-state index < -0.39 is 16.7 Å². The number of nitrogen functional groups attached to an aromatic ring is 1. The molecule has 0 saturated carbocycles. The number of ether oxygens (including phenoxy) is 1. The van der Waals surface area contributed by atoms with Gasteiger partial charge in [0, 0.05) is 36.8 Å². The van der Waals surface area contributed by atoms with Gasteiger partial charge in [-0.3, -0.25) is 19.7 Å². The first-order valence-corrected chi connectivity index (χ1v) is 9.69. The van der Waals surface area contributed by atoms with Crippen LogP contribution < -0.4 is 21.3 Å². The summed E-state index contributed by atoms with van der Waals surface area (Å²) in [5.41, 5.74) is 7.11. The number of nitrogens with two attached hydrogens (primary N) is 1. The Morgan fingerprint density at radius 2 is 2.10 bits per heavy atom. The molecule has 1 saturated heterocycles. The molecule has 4 rings (SSSR count). The minimum Gasteiger partial charge on any atom is -0.383 e. The highest BCUT2D eigenvalue weighted by Gasteiger charge is 2.35. The van der Waals surface area contributed by atoms with Crippen molar-refractivity contribution in [3.8, 4) is 0 Å². The standard InChI is InChI=1S/C19H21N7O5/c1-10-2-3-11(8-13(10)26(29)30)21-18(28)12-9-14(27)22-17-15(12)16(20)23-19(24-17)25-4-6-31-7-5-25/h2-3,8,12H,4-7,9H2,1H3,(H,21,28)(H3,20,22,23,24,27). The Hall–Kier alpha value is -3.80. The van der Waals surface area contributed by atoms with Crippen molar-refractivity contribution in [2.24, 2.45) is 0 Å². The summed E-state index contributed by atoms with van der Waals surface area (Å²) in [5.74, 6) is -1.18. The molecule has 2 aliphatic heterocycles. The number of amides is 2. The molecule has 4 N–H and O–H groups in total. The number of aromatic nitrogens is 2. The third-order valence-electron chi connectivity index (χ3n) is 5.24. The van der Waals surface area contributed by atoms with Crippen LogP contribution >= 0.6 is 0 Å². The minimum absolute atomic E-state index is 0.0986. The molecule has 1 aromatic carbocycles. The van der Waals surface area contributed by atoms with E-state index in [2.05, 4.69) is 20.6 Å². The first-order chi connectivity index (χ1) is 14.8. The number of nitro groups is 1. The largest absolute Gasteiger partial charge is 0.383 e. The van der Waals surface area contributed by atoms with E-state index in [1.807, 2.05) is 4.90 Å². The van der Waals surface area contributed by atoms with Crippen molar-refractivity contribution in [1.29, 1.82) is 0 Å². The van der Waals surface area contributed by atoms with Gasteiger partial charge in [-0.05, 0) is 13.0 Å². The number of anilines is 4. The normalized spacial score (nSPS) is 18.2. The third-order valence-corrected chi connectivity index (χ3v) is 5.24. The molecule has 1 atom stereocenters. The number of aryl methyl sites for hydroxylation is 1. The van der Waals surface area contributed by atoms with E-state index in [-0.39, 0.29) is 35.3 Å². The van der Waals surface area contributed by atoms with E-state index in [1.165, 1.54) is 6.07 Å². The Kier molecular flexibility index (Phi) is 5.38. The molecular weight excluding hydrogens is 406 g/mol. The summed E-state index contributed by atoms with van der Waals surface area (Å²) in [5, 5.41) is 16.5. The van der Waals surface area contributed by atoms with Crippen LogP contribution in [0.1, 0.15) is 23.5 Å². The second kappa shape index (κ2) is 8.14. The van der Waals surface area contributed by atoms with E-state index >= 15 is 0 Å². The number of fused-ring (bicyclic) bond motifs is 1. The maximum atomic E-state index is 13.0. The lowest BCUT2D eigenvalue weighted by atomic mass is 9.91. The molecule has 1 aromatic heterocycles. The lowest BCUT2D eigenvalue weighted by molar-refractivity contribution is -0.385. The molecule has 2 amide bonds. The van der Waals surface area contributed by atoms with Crippen LogP contribution in [0.5, 0.6) is 0 Å². The van der Waals surface area contributed by atoms with Gasteiger partial charge in [-0.25, -0.2) is 0 Å². The zero-order chi connectivity index (χ0) is 22.1. The lowest BCUT2D eigenvalue weighted by Crippen LogP contribution is -2.38. The molecule has 12 heteroatoms. The van der Waals surface area contributed by atoms with E-state index in [4.69, 9.17) is 10.5 Å². The topological polar surface area (TPSA) is 166 Å². The summed E-state index contributed by atoms with van der Waals surface area (Å²) in [4.78, 5) is 46.5. The number of benzene rings is 1. The Balaban J connectivity index is 1.63. The van der Waals surface area contributed by atoms with Crippen molar-refractivity contribution in [3.63, 3.8) is 0 Å². The average Bonchev–Trinajstić information content (AvgIpc) is 2.74. The molecule has 31 heavy (non-hydrogen) atoms. The smallest absolute Gasteiger partial charge is 0.274 e. The fraction of sp³-hybridized carbons (Fsp3) is 0.368. The fourth-order valence-corrected chi connectivity index (χ4v) is 3.63. The van der Waals surface area contributed by atoms with Crippen LogP contribution in [-0.4, -0.2) is 53.0 Å². The predicted molar refractivity (Wildman–Crippen MR) is 112 cm³/mol. The van der Waals surface area contributed by atoms with Gasteiger partial charge in [0.2, 0.25) is 17.8 Å². The molecule has 1 fully saturated rings. The molecule has 162 valence electrons. The molecular formula is C19H21N7O5. The van der Waals surface area contributed by atoms with Crippen molar-refractivity contribution in [3.05, 3.63) is 39.4 Å². The second-order valence-electron chi connectivity index (χ2n) is 7.32. The number of nitrogens with one attached hydrogen (secondary N) is 2. The number of hydrogen-bond donors (Lipinski definition) is 3. The van der Waals surface area contributed by atoms with Gasteiger partial charge in [0.25, 0.3) is 5.69 Å². The molecule has 0 bridgehead atoms. The van der Waals surface area contributed by atoms with Gasteiger partial charge < -0.3 is 26.0 Å². The first kappa shape index (κ1) is 20.5. The Morgan fingerprint density at radius 1 is 1.35 bits per heavy atom. The number of morpholine rings is 1. The van der Waals surface area contributed by atoms with Crippen molar-refractivity contribution in [2.45, 2.75) is 19.3 Å². The van der Waals surface area contributed by atoms with Gasteiger partial charge >= 0.3 is 0 Å². The number of nitrogens with zero attached hydrogens (tertiary/aromatic N) is 4. The molecule has 0 spiro atoms. The lowest BCUT2D eigenvalue weighted by Gasteiger charge is -2.30. The monoisotopic (exact) mass is 427 g/mol. The highest BCUT2D eigenvalue weighted by molar-refractivity contribution is 6.05. The second-order valence-corrected chi connectivity index (χ2v) is 7.32. The van der Waals surface area contributed by atoms with Crippen molar-refractivity contribution in [2.75, 3.05) is 47.6 Å². The molecule has 0 radical (unpaired) electrons. The highest BCUT2D eigenvalue weighted by atomic mass is 16.6. The number of rotatable bonds is 4. The van der Waals surface area contributed by atoms with Crippen LogP contribution in [0.25, 0.3) is 0 Å². The molecule has 0 aliphatic carbocycles. The van der Waals surface area contributed by atoms with Gasteiger partial charge in [0.1, 0.15) is 11.6 Å². The van der Waals surface area contributed by atoms with Crippen LogP contribution in [0.15, 0.2) is 18.2 Å². The summed E-state index contributed by atoms with van der Waals surface area (Å²) < 4.78 is 5.32. The minimum atomic E-state index is -0.928. The van der Waals surface area contributed by atoms with Crippen LogP contribution in [0.3, 0.4) is 0 Å². The zero-order valence-corrected chi connectivity index (χ0v) is 16.8.